The van der Waals surface area contributed by atoms with E-state index in [-0.39, 0.29) is 12.0 Å². The minimum Gasteiger partial charge on any atom is -0.481 e. The van der Waals surface area contributed by atoms with Crippen LogP contribution in [0.15, 0.2) is 24.4 Å². The fraction of sp³-hybridized carbons (Fsp3) is 0.455. The highest BCUT2D eigenvalue weighted by Crippen LogP contribution is 2.32. The number of aromatic nitrogens is 1. The SMILES string of the molecule is CN1CC(C(=O)O)CC1c1ccccn1. The van der Waals surface area contributed by atoms with E-state index in [0.29, 0.717) is 13.0 Å². The summed E-state index contributed by atoms with van der Waals surface area (Å²) in [6.45, 7) is 0.608. The first-order valence-corrected chi connectivity index (χ1v) is 5.02. The van der Waals surface area contributed by atoms with E-state index < -0.39 is 5.97 Å². The van der Waals surface area contributed by atoms with Gasteiger partial charge in [-0.2, -0.15) is 0 Å². The number of hydrogen-bond donors (Lipinski definition) is 1. The predicted octanol–water partition coefficient (Wildman–Crippen LogP) is 1.16. The molecule has 0 aromatic carbocycles. The van der Waals surface area contributed by atoms with Gasteiger partial charge in [0.25, 0.3) is 0 Å². The van der Waals surface area contributed by atoms with Gasteiger partial charge in [-0.1, -0.05) is 6.07 Å². The van der Waals surface area contributed by atoms with Crippen molar-refractivity contribution >= 4 is 5.97 Å². The monoisotopic (exact) mass is 206 g/mol. The second-order valence-corrected chi connectivity index (χ2v) is 3.98. The van der Waals surface area contributed by atoms with Gasteiger partial charge in [0.15, 0.2) is 0 Å². The molecule has 2 rings (SSSR count). The summed E-state index contributed by atoms with van der Waals surface area (Å²) in [5, 5.41) is 8.95. The van der Waals surface area contributed by atoms with E-state index in [4.69, 9.17) is 5.11 Å². The molecule has 1 aromatic rings. The molecule has 2 heterocycles. The Hall–Kier alpha value is -1.42. The molecule has 0 amide bonds. The lowest BCUT2D eigenvalue weighted by Gasteiger charge is -2.17. The molecule has 1 saturated heterocycles. The largest absolute Gasteiger partial charge is 0.481 e. The maximum absolute atomic E-state index is 10.9. The normalized spacial score (nSPS) is 26.7. The fourth-order valence-electron chi connectivity index (χ4n) is 2.10. The van der Waals surface area contributed by atoms with Crippen LogP contribution in [0.2, 0.25) is 0 Å². The third-order valence-corrected chi connectivity index (χ3v) is 2.93. The molecule has 0 saturated carbocycles. The maximum Gasteiger partial charge on any atom is 0.307 e. The Labute approximate surface area is 88.6 Å². The molecule has 0 aliphatic carbocycles. The number of aliphatic carboxylic acids is 1. The van der Waals surface area contributed by atoms with Crippen molar-refractivity contribution in [3.8, 4) is 0 Å². The summed E-state index contributed by atoms with van der Waals surface area (Å²) in [5.41, 5.74) is 0.962. The Morgan fingerprint density at radius 1 is 1.60 bits per heavy atom. The van der Waals surface area contributed by atoms with Crippen molar-refractivity contribution in [3.63, 3.8) is 0 Å². The van der Waals surface area contributed by atoms with Crippen LogP contribution in [0.25, 0.3) is 0 Å². The number of rotatable bonds is 2. The Bertz CT molecular complexity index is 353. The van der Waals surface area contributed by atoms with Gasteiger partial charge in [0.05, 0.1) is 17.7 Å². The number of likely N-dealkylation sites (tertiary alicyclic amines) is 1. The lowest BCUT2D eigenvalue weighted by Crippen LogP contribution is -2.20. The standard InChI is InChI=1S/C11H14N2O2/c1-13-7-8(11(14)15)6-10(13)9-4-2-3-5-12-9/h2-5,8,10H,6-7H2,1H3,(H,14,15). The highest BCUT2D eigenvalue weighted by molar-refractivity contribution is 5.70. The molecule has 1 aliphatic heterocycles. The van der Waals surface area contributed by atoms with Crippen LogP contribution >= 0.6 is 0 Å². The Morgan fingerprint density at radius 3 is 2.93 bits per heavy atom. The number of nitrogens with zero attached hydrogens (tertiary/aromatic N) is 2. The Morgan fingerprint density at radius 2 is 2.40 bits per heavy atom. The minimum atomic E-state index is -0.708. The van der Waals surface area contributed by atoms with E-state index in [1.165, 1.54) is 0 Å². The first kappa shape index (κ1) is 10.1. The molecule has 1 aliphatic rings. The molecule has 2 atom stereocenters. The number of hydrogen-bond acceptors (Lipinski definition) is 3. The molecule has 0 bridgehead atoms. The summed E-state index contributed by atoms with van der Waals surface area (Å²) in [7, 11) is 1.95. The molecule has 1 fully saturated rings. The van der Waals surface area contributed by atoms with Gasteiger partial charge in [-0.3, -0.25) is 14.7 Å². The number of pyridine rings is 1. The van der Waals surface area contributed by atoms with Crippen LogP contribution in [-0.4, -0.2) is 34.6 Å². The fourth-order valence-corrected chi connectivity index (χ4v) is 2.10. The molecule has 4 nitrogen and oxygen atoms in total. The highest BCUT2D eigenvalue weighted by Gasteiger charge is 2.35. The topological polar surface area (TPSA) is 53.4 Å². The van der Waals surface area contributed by atoms with E-state index in [9.17, 15) is 4.79 Å². The summed E-state index contributed by atoms with van der Waals surface area (Å²) in [6.07, 6.45) is 2.40. The number of carboxylic acid groups (broad SMARTS) is 1. The highest BCUT2D eigenvalue weighted by atomic mass is 16.4. The quantitative estimate of drug-likeness (QED) is 0.789. The van der Waals surface area contributed by atoms with E-state index >= 15 is 0 Å². The van der Waals surface area contributed by atoms with Gasteiger partial charge in [-0.15, -0.1) is 0 Å². The van der Waals surface area contributed by atoms with Gasteiger partial charge in [0.2, 0.25) is 0 Å². The molecule has 2 unspecified atom stereocenters. The first-order valence-electron chi connectivity index (χ1n) is 5.02. The number of carboxylic acids is 1. The van der Waals surface area contributed by atoms with Gasteiger partial charge in [0.1, 0.15) is 0 Å². The molecule has 0 radical (unpaired) electrons. The second-order valence-electron chi connectivity index (χ2n) is 3.98. The summed E-state index contributed by atoms with van der Waals surface area (Å²) >= 11 is 0. The average Bonchev–Trinajstić information content (AvgIpc) is 2.62. The van der Waals surface area contributed by atoms with Crippen molar-refractivity contribution in [1.29, 1.82) is 0 Å². The molecule has 1 N–H and O–H groups in total. The van der Waals surface area contributed by atoms with Crippen molar-refractivity contribution in [3.05, 3.63) is 30.1 Å². The predicted molar refractivity (Wildman–Crippen MR) is 55.4 cm³/mol. The van der Waals surface area contributed by atoms with Crippen molar-refractivity contribution in [2.75, 3.05) is 13.6 Å². The van der Waals surface area contributed by atoms with Crippen LogP contribution in [0.1, 0.15) is 18.2 Å². The zero-order valence-corrected chi connectivity index (χ0v) is 8.63. The summed E-state index contributed by atoms with van der Waals surface area (Å²) in [4.78, 5) is 17.2. The second kappa shape index (κ2) is 3.98. The van der Waals surface area contributed by atoms with Gasteiger partial charge in [-0.05, 0) is 25.6 Å². The Kier molecular flexibility index (Phi) is 2.68. The summed E-state index contributed by atoms with van der Waals surface area (Å²) in [5.74, 6) is -0.970. The maximum atomic E-state index is 10.9. The van der Waals surface area contributed by atoms with Crippen molar-refractivity contribution in [1.82, 2.24) is 9.88 Å². The van der Waals surface area contributed by atoms with Crippen LogP contribution in [0.5, 0.6) is 0 Å². The minimum absolute atomic E-state index is 0.146. The van der Waals surface area contributed by atoms with E-state index in [2.05, 4.69) is 9.88 Å². The van der Waals surface area contributed by atoms with Crippen LogP contribution in [-0.2, 0) is 4.79 Å². The van der Waals surface area contributed by atoms with Crippen LogP contribution < -0.4 is 0 Å². The molecule has 1 aromatic heterocycles. The van der Waals surface area contributed by atoms with E-state index in [0.717, 1.165) is 5.69 Å². The molecular weight excluding hydrogens is 192 g/mol. The molecule has 0 spiro atoms. The zero-order valence-electron chi connectivity index (χ0n) is 8.63. The lowest BCUT2D eigenvalue weighted by atomic mass is 10.0. The lowest BCUT2D eigenvalue weighted by molar-refractivity contribution is -0.141. The van der Waals surface area contributed by atoms with Crippen LogP contribution in [0.3, 0.4) is 0 Å². The van der Waals surface area contributed by atoms with Crippen molar-refractivity contribution < 1.29 is 9.90 Å². The zero-order chi connectivity index (χ0) is 10.8. The van der Waals surface area contributed by atoms with E-state index in [1.807, 2.05) is 25.2 Å². The van der Waals surface area contributed by atoms with Crippen LogP contribution in [0, 0.1) is 5.92 Å². The molecule has 4 heteroatoms. The Balaban J connectivity index is 2.15. The summed E-state index contributed by atoms with van der Waals surface area (Å²) in [6, 6.07) is 5.90. The first-order chi connectivity index (χ1) is 7.18. The van der Waals surface area contributed by atoms with E-state index in [1.54, 1.807) is 6.20 Å². The van der Waals surface area contributed by atoms with Crippen molar-refractivity contribution in [2.45, 2.75) is 12.5 Å². The average molecular weight is 206 g/mol. The number of carbonyl (C=O) groups is 1. The molecule has 15 heavy (non-hydrogen) atoms. The van der Waals surface area contributed by atoms with Gasteiger partial charge in [0, 0.05) is 12.7 Å². The third kappa shape index (κ3) is 1.99. The molecule has 80 valence electrons. The third-order valence-electron chi connectivity index (χ3n) is 2.93. The van der Waals surface area contributed by atoms with Gasteiger partial charge < -0.3 is 5.11 Å². The summed E-state index contributed by atoms with van der Waals surface area (Å²) < 4.78 is 0. The molecular formula is C11H14N2O2. The van der Waals surface area contributed by atoms with Crippen LogP contribution in [0.4, 0.5) is 0 Å². The van der Waals surface area contributed by atoms with Gasteiger partial charge >= 0.3 is 5.97 Å². The smallest absolute Gasteiger partial charge is 0.307 e. The van der Waals surface area contributed by atoms with Gasteiger partial charge in [-0.25, -0.2) is 0 Å². The van der Waals surface area contributed by atoms with Crippen molar-refractivity contribution in [2.24, 2.45) is 5.92 Å².